The van der Waals surface area contributed by atoms with Crippen LogP contribution in [0.4, 0.5) is 5.69 Å². The first-order valence-corrected chi connectivity index (χ1v) is 5.99. The highest BCUT2D eigenvalue weighted by molar-refractivity contribution is 5.53. The fourth-order valence-corrected chi connectivity index (χ4v) is 2.18. The van der Waals surface area contributed by atoms with Crippen molar-refractivity contribution in [2.24, 2.45) is 0 Å². The SMILES string of the molecule is c1cc(N2CCNCC2)cc(-n2cccn2)c1. The third-order valence-corrected chi connectivity index (χ3v) is 3.08. The van der Waals surface area contributed by atoms with Crippen molar-refractivity contribution < 1.29 is 0 Å². The van der Waals surface area contributed by atoms with E-state index in [2.05, 4.69) is 39.6 Å². The topological polar surface area (TPSA) is 33.1 Å². The molecule has 0 amide bonds. The van der Waals surface area contributed by atoms with Gasteiger partial charge >= 0.3 is 0 Å². The summed E-state index contributed by atoms with van der Waals surface area (Å²) in [6.45, 7) is 4.27. The molecule has 1 aliphatic heterocycles. The third-order valence-electron chi connectivity index (χ3n) is 3.08. The van der Waals surface area contributed by atoms with E-state index in [1.807, 2.05) is 16.9 Å². The maximum atomic E-state index is 4.26. The molecule has 1 aromatic heterocycles. The molecule has 1 aromatic carbocycles. The highest BCUT2D eigenvalue weighted by Crippen LogP contribution is 2.18. The van der Waals surface area contributed by atoms with E-state index in [-0.39, 0.29) is 0 Å². The van der Waals surface area contributed by atoms with Gasteiger partial charge in [-0.15, -0.1) is 0 Å². The van der Waals surface area contributed by atoms with Crippen LogP contribution in [0.5, 0.6) is 0 Å². The predicted octanol–water partition coefficient (Wildman–Crippen LogP) is 1.28. The van der Waals surface area contributed by atoms with Gasteiger partial charge in [-0.3, -0.25) is 0 Å². The van der Waals surface area contributed by atoms with Crippen LogP contribution in [-0.4, -0.2) is 36.0 Å². The molecule has 2 aromatic rings. The number of rotatable bonds is 2. The number of piperazine rings is 1. The lowest BCUT2D eigenvalue weighted by Gasteiger charge is -2.29. The summed E-state index contributed by atoms with van der Waals surface area (Å²) in [5, 5.41) is 7.63. The molecule has 88 valence electrons. The Balaban J connectivity index is 1.88. The average molecular weight is 228 g/mol. The standard InChI is InChI=1S/C13H16N4/c1-3-12(16-9-6-14-7-10-16)11-13(4-1)17-8-2-5-15-17/h1-5,8,11,14H,6-7,9-10H2. The maximum absolute atomic E-state index is 4.26. The van der Waals surface area contributed by atoms with Gasteiger partial charge in [-0.2, -0.15) is 5.10 Å². The number of anilines is 1. The van der Waals surface area contributed by atoms with Gasteiger partial charge in [0, 0.05) is 44.3 Å². The van der Waals surface area contributed by atoms with Gasteiger partial charge in [0.05, 0.1) is 5.69 Å². The average Bonchev–Trinajstić information content (AvgIpc) is 2.94. The lowest BCUT2D eigenvalue weighted by atomic mass is 10.2. The molecule has 17 heavy (non-hydrogen) atoms. The van der Waals surface area contributed by atoms with Crippen molar-refractivity contribution in [3.8, 4) is 5.69 Å². The first kappa shape index (κ1) is 10.4. The van der Waals surface area contributed by atoms with E-state index < -0.39 is 0 Å². The molecule has 0 radical (unpaired) electrons. The minimum atomic E-state index is 1.06. The summed E-state index contributed by atoms with van der Waals surface area (Å²) in [5.41, 5.74) is 2.39. The molecule has 1 saturated heterocycles. The van der Waals surface area contributed by atoms with Crippen LogP contribution in [0.25, 0.3) is 5.69 Å². The number of nitrogens with one attached hydrogen (secondary N) is 1. The van der Waals surface area contributed by atoms with Crippen molar-refractivity contribution in [1.82, 2.24) is 15.1 Å². The molecule has 2 heterocycles. The zero-order valence-corrected chi connectivity index (χ0v) is 9.71. The van der Waals surface area contributed by atoms with E-state index in [4.69, 9.17) is 0 Å². The second kappa shape index (κ2) is 4.59. The summed E-state index contributed by atoms with van der Waals surface area (Å²) in [4.78, 5) is 2.41. The van der Waals surface area contributed by atoms with E-state index in [0.717, 1.165) is 31.9 Å². The fourth-order valence-electron chi connectivity index (χ4n) is 2.18. The van der Waals surface area contributed by atoms with E-state index in [1.165, 1.54) is 5.69 Å². The molecule has 0 atom stereocenters. The van der Waals surface area contributed by atoms with Crippen LogP contribution in [0.1, 0.15) is 0 Å². The number of nitrogens with zero attached hydrogens (tertiary/aromatic N) is 3. The monoisotopic (exact) mass is 228 g/mol. The van der Waals surface area contributed by atoms with Gasteiger partial charge in [0.1, 0.15) is 0 Å². The number of aromatic nitrogens is 2. The van der Waals surface area contributed by atoms with Crippen molar-refractivity contribution in [1.29, 1.82) is 0 Å². The van der Waals surface area contributed by atoms with E-state index in [1.54, 1.807) is 6.20 Å². The third kappa shape index (κ3) is 2.17. The highest BCUT2D eigenvalue weighted by atomic mass is 15.3. The quantitative estimate of drug-likeness (QED) is 0.840. The molecule has 1 fully saturated rings. The van der Waals surface area contributed by atoms with E-state index in [0.29, 0.717) is 0 Å². The summed E-state index contributed by atoms with van der Waals surface area (Å²) in [7, 11) is 0. The van der Waals surface area contributed by atoms with Gasteiger partial charge in [-0.25, -0.2) is 4.68 Å². The Morgan fingerprint density at radius 3 is 2.65 bits per heavy atom. The van der Waals surface area contributed by atoms with Crippen molar-refractivity contribution in [3.63, 3.8) is 0 Å². The van der Waals surface area contributed by atoms with Crippen LogP contribution >= 0.6 is 0 Å². The second-order valence-electron chi connectivity index (χ2n) is 4.21. The maximum Gasteiger partial charge on any atom is 0.0666 e. The largest absolute Gasteiger partial charge is 0.369 e. The molecular formula is C13H16N4. The van der Waals surface area contributed by atoms with Gasteiger partial charge in [-0.1, -0.05) is 6.07 Å². The molecule has 0 aliphatic carbocycles. The van der Waals surface area contributed by atoms with E-state index >= 15 is 0 Å². The predicted molar refractivity (Wildman–Crippen MR) is 68.6 cm³/mol. The van der Waals surface area contributed by atoms with Crippen LogP contribution in [0.15, 0.2) is 42.7 Å². The Hall–Kier alpha value is -1.81. The first-order valence-electron chi connectivity index (χ1n) is 5.99. The summed E-state index contributed by atoms with van der Waals surface area (Å²) >= 11 is 0. The number of hydrogen-bond donors (Lipinski definition) is 1. The summed E-state index contributed by atoms with van der Waals surface area (Å²) in [6, 6.07) is 10.5. The molecule has 0 spiro atoms. The summed E-state index contributed by atoms with van der Waals surface area (Å²) < 4.78 is 1.89. The number of hydrogen-bond acceptors (Lipinski definition) is 3. The summed E-state index contributed by atoms with van der Waals surface area (Å²) in [6.07, 6.45) is 3.77. The van der Waals surface area contributed by atoms with Gasteiger partial charge in [0.15, 0.2) is 0 Å². The Morgan fingerprint density at radius 2 is 1.88 bits per heavy atom. The van der Waals surface area contributed by atoms with Gasteiger partial charge in [0.2, 0.25) is 0 Å². The normalized spacial score (nSPS) is 16.1. The lowest BCUT2D eigenvalue weighted by molar-refractivity contribution is 0.589. The Morgan fingerprint density at radius 1 is 1.06 bits per heavy atom. The zero-order valence-electron chi connectivity index (χ0n) is 9.71. The van der Waals surface area contributed by atoms with Gasteiger partial charge < -0.3 is 10.2 Å². The van der Waals surface area contributed by atoms with Crippen molar-refractivity contribution >= 4 is 5.69 Å². The Bertz CT molecular complexity index is 472. The first-order chi connectivity index (χ1) is 8.43. The second-order valence-corrected chi connectivity index (χ2v) is 4.21. The summed E-state index contributed by atoms with van der Waals surface area (Å²) in [5.74, 6) is 0. The van der Waals surface area contributed by atoms with Gasteiger partial charge in [-0.05, 0) is 24.3 Å². The molecule has 1 aliphatic rings. The smallest absolute Gasteiger partial charge is 0.0666 e. The fraction of sp³-hybridized carbons (Fsp3) is 0.308. The van der Waals surface area contributed by atoms with Crippen LogP contribution in [0, 0.1) is 0 Å². The molecule has 0 saturated carbocycles. The van der Waals surface area contributed by atoms with Crippen molar-refractivity contribution in [2.75, 3.05) is 31.1 Å². The van der Waals surface area contributed by atoms with Crippen LogP contribution in [0.2, 0.25) is 0 Å². The molecule has 0 unspecified atom stereocenters. The lowest BCUT2D eigenvalue weighted by Crippen LogP contribution is -2.43. The van der Waals surface area contributed by atoms with Crippen LogP contribution < -0.4 is 10.2 Å². The highest BCUT2D eigenvalue weighted by Gasteiger charge is 2.10. The van der Waals surface area contributed by atoms with Crippen molar-refractivity contribution in [3.05, 3.63) is 42.7 Å². The molecule has 4 heteroatoms. The van der Waals surface area contributed by atoms with Crippen LogP contribution in [0.3, 0.4) is 0 Å². The Labute approximate surface area is 101 Å². The Kier molecular flexibility index (Phi) is 2.80. The molecule has 3 rings (SSSR count). The van der Waals surface area contributed by atoms with Gasteiger partial charge in [0.25, 0.3) is 0 Å². The zero-order chi connectivity index (χ0) is 11.5. The van der Waals surface area contributed by atoms with E-state index in [9.17, 15) is 0 Å². The molecular weight excluding hydrogens is 212 g/mol. The minimum Gasteiger partial charge on any atom is -0.369 e. The molecule has 1 N–H and O–H groups in total. The molecule has 4 nitrogen and oxygen atoms in total. The van der Waals surface area contributed by atoms with Crippen molar-refractivity contribution in [2.45, 2.75) is 0 Å². The van der Waals surface area contributed by atoms with Crippen LogP contribution in [-0.2, 0) is 0 Å². The number of benzene rings is 1. The molecule has 0 bridgehead atoms. The minimum absolute atomic E-state index is 1.06.